The number of hydrogen-bond acceptors (Lipinski definition) is 0. The van der Waals surface area contributed by atoms with E-state index in [4.69, 9.17) is 0 Å². The lowest BCUT2D eigenvalue weighted by atomic mass is 9.46. The predicted molar refractivity (Wildman–Crippen MR) is 163 cm³/mol. The molecule has 0 nitrogen and oxygen atoms in total. The minimum atomic E-state index is 0.515. The minimum Gasteiger partial charge on any atom is -0.106 e. The molecule has 2 unspecified atom stereocenters. The van der Waals surface area contributed by atoms with Crippen LogP contribution in [0.2, 0.25) is 0 Å². The Morgan fingerprint density at radius 3 is 2.28 bits per heavy atom. The molecule has 0 aromatic rings. The van der Waals surface area contributed by atoms with Gasteiger partial charge in [-0.2, -0.15) is 0 Å². The van der Waals surface area contributed by atoms with Gasteiger partial charge in [0.05, 0.1) is 0 Å². The molecular formula is C36H64. The fourth-order valence-electron chi connectivity index (χ4n) is 9.50. The summed E-state index contributed by atoms with van der Waals surface area (Å²) in [5.41, 5.74) is 2.96. The Balaban J connectivity index is 0.00000109. The maximum absolute atomic E-state index is 4.34. The standard InChI is InChI=1S/C32H54.C2H6.C2H4/c1-8-23(5)25-17-19-31(6)26(21-25)13-14-27-29-16-15-28(32(29,7)20-18-30(27)31)24(9-2)12-10-11-22(3)4;2*1-2/h9,13,22-25,27-30H,2,8,10-12,14-21H2,1,3-7H3;1-2H3;1-2H2/t23?,24-,25+,27?,28-,29+,30+,31+,32-;;/m1../s1. The molecule has 0 spiro atoms. The van der Waals surface area contributed by atoms with Gasteiger partial charge >= 0.3 is 0 Å². The third-order valence-corrected chi connectivity index (χ3v) is 11.8. The topological polar surface area (TPSA) is 0 Å². The Hall–Kier alpha value is -0.780. The van der Waals surface area contributed by atoms with E-state index < -0.39 is 0 Å². The third-order valence-electron chi connectivity index (χ3n) is 11.8. The van der Waals surface area contributed by atoms with Crippen LogP contribution in [0.5, 0.6) is 0 Å². The van der Waals surface area contributed by atoms with Crippen LogP contribution in [0.4, 0.5) is 0 Å². The van der Waals surface area contributed by atoms with Crippen molar-refractivity contribution in [3.8, 4) is 0 Å². The molecule has 0 amide bonds. The zero-order valence-electron chi connectivity index (χ0n) is 25.9. The monoisotopic (exact) mass is 497 g/mol. The maximum Gasteiger partial charge on any atom is -0.00851 e. The Kier molecular flexibility index (Phi) is 12.1. The highest BCUT2D eigenvalue weighted by Crippen LogP contribution is 2.67. The van der Waals surface area contributed by atoms with Crippen molar-refractivity contribution in [2.45, 2.75) is 132 Å². The lowest BCUT2D eigenvalue weighted by molar-refractivity contribution is -0.0521. The summed E-state index contributed by atoms with van der Waals surface area (Å²) in [5.74, 6) is 7.18. The van der Waals surface area contributed by atoms with Crippen LogP contribution in [0.15, 0.2) is 37.5 Å². The first-order chi connectivity index (χ1) is 17.2. The van der Waals surface area contributed by atoms with Crippen LogP contribution in [-0.4, -0.2) is 0 Å². The third kappa shape index (κ3) is 6.10. The zero-order chi connectivity index (χ0) is 27.1. The van der Waals surface area contributed by atoms with Gasteiger partial charge in [-0.3, -0.25) is 0 Å². The molecule has 0 N–H and O–H groups in total. The second kappa shape index (κ2) is 13.8. The number of allylic oxidation sites excluding steroid dienone is 3. The number of rotatable bonds is 8. The first-order valence-corrected chi connectivity index (χ1v) is 16.1. The predicted octanol–water partition coefficient (Wildman–Crippen LogP) is 11.7. The Morgan fingerprint density at radius 1 is 0.972 bits per heavy atom. The van der Waals surface area contributed by atoms with Crippen LogP contribution in [0.25, 0.3) is 0 Å². The van der Waals surface area contributed by atoms with Crippen LogP contribution >= 0.6 is 0 Å². The summed E-state index contributed by atoms with van der Waals surface area (Å²) in [6.45, 7) is 29.4. The molecule has 0 heterocycles. The van der Waals surface area contributed by atoms with E-state index in [-0.39, 0.29) is 0 Å². The summed E-state index contributed by atoms with van der Waals surface area (Å²) < 4.78 is 0. The molecule has 0 aromatic heterocycles. The Labute approximate surface area is 227 Å². The second-order valence-electron chi connectivity index (χ2n) is 13.6. The van der Waals surface area contributed by atoms with Crippen molar-refractivity contribution in [3.63, 3.8) is 0 Å². The lowest BCUT2D eigenvalue weighted by Gasteiger charge is -2.59. The highest BCUT2D eigenvalue weighted by atomic mass is 14.6. The van der Waals surface area contributed by atoms with Crippen LogP contribution in [0.1, 0.15) is 132 Å². The van der Waals surface area contributed by atoms with E-state index in [1.54, 1.807) is 0 Å². The van der Waals surface area contributed by atoms with Crippen LogP contribution in [0.3, 0.4) is 0 Å². The molecule has 3 saturated carbocycles. The van der Waals surface area contributed by atoms with Gasteiger partial charge in [-0.15, -0.1) is 19.7 Å². The maximum atomic E-state index is 4.34. The number of fused-ring (bicyclic) bond motifs is 5. The average Bonchev–Trinajstić information content (AvgIpc) is 3.25. The van der Waals surface area contributed by atoms with E-state index in [1.807, 2.05) is 19.4 Å². The SMILES string of the molecule is C=C.C=C[C@H](CCCC(C)C)[C@H]1CC[C@H]2C3CC=C4C[C@@H](C(C)CC)CC[C@]4(C)[C@H]3CC[C@]12C.CC. The van der Waals surface area contributed by atoms with Crippen molar-refractivity contribution in [3.05, 3.63) is 37.5 Å². The summed E-state index contributed by atoms with van der Waals surface area (Å²) in [6.07, 6.45) is 22.3. The van der Waals surface area contributed by atoms with Crippen LogP contribution in [-0.2, 0) is 0 Å². The second-order valence-corrected chi connectivity index (χ2v) is 13.6. The molecule has 36 heavy (non-hydrogen) atoms. The molecule has 0 saturated heterocycles. The quantitative estimate of drug-likeness (QED) is 0.293. The highest BCUT2D eigenvalue weighted by Gasteiger charge is 2.59. The van der Waals surface area contributed by atoms with E-state index in [0.29, 0.717) is 10.8 Å². The Bertz CT molecular complexity index is 699. The fraction of sp³-hybridized carbons (Fsp3) is 0.833. The zero-order valence-corrected chi connectivity index (χ0v) is 25.9. The van der Waals surface area contributed by atoms with E-state index in [2.05, 4.69) is 73.4 Å². The molecule has 0 heteroatoms. The number of hydrogen-bond donors (Lipinski definition) is 0. The summed E-state index contributed by atoms with van der Waals surface area (Å²) in [4.78, 5) is 0. The van der Waals surface area contributed by atoms with Crippen molar-refractivity contribution in [2.24, 2.45) is 58.2 Å². The van der Waals surface area contributed by atoms with Gasteiger partial charge in [0.25, 0.3) is 0 Å². The van der Waals surface area contributed by atoms with Gasteiger partial charge in [-0.1, -0.05) is 92.4 Å². The highest BCUT2D eigenvalue weighted by molar-refractivity contribution is 5.25. The normalized spacial score (nSPS) is 38.6. The summed E-state index contributed by atoms with van der Waals surface area (Å²) >= 11 is 0. The van der Waals surface area contributed by atoms with Crippen molar-refractivity contribution in [1.82, 2.24) is 0 Å². The van der Waals surface area contributed by atoms with E-state index in [9.17, 15) is 0 Å². The van der Waals surface area contributed by atoms with Gasteiger partial charge in [0.15, 0.2) is 0 Å². The van der Waals surface area contributed by atoms with Crippen LogP contribution < -0.4 is 0 Å². The molecule has 208 valence electrons. The van der Waals surface area contributed by atoms with E-state index in [0.717, 1.165) is 47.3 Å². The van der Waals surface area contributed by atoms with Crippen molar-refractivity contribution in [2.75, 3.05) is 0 Å². The first-order valence-electron chi connectivity index (χ1n) is 16.1. The molecule has 0 aromatic carbocycles. The molecule has 4 aliphatic carbocycles. The van der Waals surface area contributed by atoms with Gasteiger partial charge in [-0.05, 0) is 116 Å². The first kappa shape index (κ1) is 31.4. The minimum absolute atomic E-state index is 0.515. The molecule has 9 atom stereocenters. The van der Waals surface area contributed by atoms with Gasteiger partial charge in [0, 0.05) is 0 Å². The molecule has 3 fully saturated rings. The summed E-state index contributed by atoms with van der Waals surface area (Å²) in [5, 5.41) is 0. The van der Waals surface area contributed by atoms with Crippen molar-refractivity contribution >= 4 is 0 Å². The largest absolute Gasteiger partial charge is 0.106 e. The van der Waals surface area contributed by atoms with Gasteiger partial charge in [0.1, 0.15) is 0 Å². The van der Waals surface area contributed by atoms with Crippen LogP contribution in [0, 0.1) is 58.2 Å². The lowest BCUT2D eigenvalue weighted by Crippen LogP contribution is -2.50. The average molecular weight is 497 g/mol. The molecule has 4 aliphatic rings. The van der Waals surface area contributed by atoms with Gasteiger partial charge in [-0.25, -0.2) is 0 Å². The molecule has 4 rings (SSSR count). The summed E-state index contributed by atoms with van der Waals surface area (Å²) in [7, 11) is 0. The summed E-state index contributed by atoms with van der Waals surface area (Å²) in [6, 6.07) is 0. The smallest absolute Gasteiger partial charge is 0.00851 e. The fourth-order valence-corrected chi connectivity index (χ4v) is 9.50. The molecule has 0 aliphatic heterocycles. The molecular weight excluding hydrogens is 432 g/mol. The van der Waals surface area contributed by atoms with E-state index >= 15 is 0 Å². The van der Waals surface area contributed by atoms with E-state index in [1.165, 1.54) is 77.0 Å². The Morgan fingerprint density at radius 2 is 1.67 bits per heavy atom. The van der Waals surface area contributed by atoms with Gasteiger partial charge < -0.3 is 0 Å². The van der Waals surface area contributed by atoms with Crippen molar-refractivity contribution < 1.29 is 0 Å². The molecule has 0 radical (unpaired) electrons. The van der Waals surface area contributed by atoms with Crippen molar-refractivity contribution in [1.29, 1.82) is 0 Å². The molecule has 0 bridgehead atoms. The van der Waals surface area contributed by atoms with Gasteiger partial charge in [0.2, 0.25) is 0 Å².